The molecule has 0 radical (unpaired) electrons. The molecule has 1 amide bonds. The Morgan fingerprint density at radius 3 is 1.96 bits per heavy atom. The number of rotatable bonds is 5. The van der Waals surface area contributed by atoms with Crippen LogP contribution in [0.5, 0.6) is 0 Å². The number of hydrogen-bond donors (Lipinski definition) is 3. The molecule has 2 fully saturated rings. The van der Waals surface area contributed by atoms with Gasteiger partial charge in [-0.15, -0.1) is 0 Å². The number of carboxylic acid groups (broad SMARTS) is 2. The van der Waals surface area contributed by atoms with Gasteiger partial charge in [-0.05, 0) is 45.2 Å². The van der Waals surface area contributed by atoms with Crippen LogP contribution >= 0.6 is 0 Å². The zero-order valence-electron chi connectivity index (χ0n) is 14.9. The number of nitrogens with one attached hydrogen (secondary N) is 1. The van der Waals surface area contributed by atoms with Gasteiger partial charge in [-0.1, -0.05) is 13.3 Å². The lowest BCUT2D eigenvalue weighted by Gasteiger charge is -2.29. The number of carboxylic acids is 2. The lowest BCUT2D eigenvalue weighted by Crippen LogP contribution is -2.40. The first kappa shape index (κ1) is 21.2. The highest BCUT2D eigenvalue weighted by Crippen LogP contribution is 2.17. The van der Waals surface area contributed by atoms with Crippen molar-refractivity contribution in [1.82, 2.24) is 10.2 Å². The summed E-state index contributed by atoms with van der Waals surface area (Å²) < 4.78 is 5.06. The average molecular weight is 358 g/mol. The molecule has 0 atom stereocenters. The highest BCUT2D eigenvalue weighted by atomic mass is 16.6. The third-order valence-corrected chi connectivity index (χ3v) is 4.51. The minimum absolute atomic E-state index is 0.0914. The number of piperidine rings is 2. The van der Waals surface area contributed by atoms with Gasteiger partial charge in [-0.3, -0.25) is 9.59 Å². The largest absolute Gasteiger partial charge is 0.481 e. The molecule has 0 aromatic heterocycles. The highest BCUT2D eigenvalue weighted by Gasteiger charge is 2.27. The van der Waals surface area contributed by atoms with E-state index in [1.807, 2.05) is 6.92 Å². The average Bonchev–Trinajstić information content (AvgIpc) is 2.63. The molecule has 2 rings (SSSR count). The number of carbonyl (C=O) groups excluding carboxylic acids is 1. The Labute approximate surface area is 148 Å². The Hall–Kier alpha value is -1.83. The molecule has 3 N–H and O–H groups in total. The van der Waals surface area contributed by atoms with Crippen molar-refractivity contribution in [3.63, 3.8) is 0 Å². The Morgan fingerprint density at radius 2 is 1.52 bits per heavy atom. The van der Waals surface area contributed by atoms with Crippen LogP contribution < -0.4 is 5.32 Å². The molecule has 0 bridgehead atoms. The van der Waals surface area contributed by atoms with E-state index in [4.69, 9.17) is 14.9 Å². The summed E-state index contributed by atoms with van der Waals surface area (Å²) in [5, 5.41) is 20.4. The zero-order chi connectivity index (χ0) is 18.7. The number of carbonyl (C=O) groups is 3. The van der Waals surface area contributed by atoms with Crippen molar-refractivity contribution in [2.75, 3.05) is 32.8 Å². The SMILES string of the molecule is CCCCOC(=O)N1CCC(C(=O)O)CC1.O=C(O)C1CCNCC1. The summed E-state index contributed by atoms with van der Waals surface area (Å²) in [7, 11) is 0. The topological polar surface area (TPSA) is 116 Å². The van der Waals surface area contributed by atoms with Gasteiger partial charge in [0.25, 0.3) is 0 Å². The standard InChI is InChI=1S/C11H19NO4.C6H11NO2/c1-2-3-8-16-11(15)12-6-4-9(5-7-12)10(13)14;8-6(9)5-1-3-7-4-2-5/h9H,2-8H2,1H3,(H,13,14);5,7H,1-4H2,(H,8,9). The van der Waals surface area contributed by atoms with E-state index in [-0.39, 0.29) is 17.9 Å². The fourth-order valence-electron chi connectivity index (χ4n) is 2.77. The van der Waals surface area contributed by atoms with E-state index in [0.29, 0.717) is 32.5 Å². The van der Waals surface area contributed by atoms with Gasteiger partial charge in [0.1, 0.15) is 0 Å². The number of aliphatic carboxylic acids is 2. The van der Waals surface area contributed by atoms with Crippen LogP contribution in [0.25, 0.3) is 0 Å². The molecule has 2 heterocycles. The van der Waals surface area contributed by atoms with E-state index in [0.717, 1.165) is 38.8 Å². The van der Waals surface area contributed by atoms with E-state index in [2.05, 4.69) is 5.32 Å². The summed E-state index contributed by atoms with van der Waals surface area (Å²) in [6.45, 7) is 5.18. The molecule has 0 spiro atoms. The predicted octanol–water partition coefficient (Wildman–Crippen LogP) is 1.79. The molecule has 2 aliphatic heterocycles. The van der Waals surface area contributed by atoms with E-state index < -0.39 is 11.9 Å². The fourth-order valence-corrected chi connectivity index (χ4v) is 2.77. The van der Waals surface area contributed by atoms with Gasteiger partial charge < -0.3 is 25.2 Å². The van der Waals surface area contributed by atoms with E-state index in [9.17, 15) is 14.4 Å². The minimum atomic E-state index is -0.765. The summed E-state index contributed by atoms with van der Waals surface area (Å²) in [5.74, 6) is -1.80. The van der Waals surface area contributed by atoms with E-state index in [1.54, 1.807) is 4.90 Å². The zero-order valence-corrected chi connectivity index (χ0v) is 14.9. The summed E-state index contributed by atoms with van der Waals surface area (Å²) in [5.41, 5.74) is 0. The normalized spacial score (nSPS) is 18.8. The van der Waals surface area contributed by atoms with Gasteiger partial charge in [0.2, 0.25) is 0 Å². The Kier molecular flexibility index (Phi) is 9.91. The van der Waals surface area contributed by atoms with Gasteiger partial charge in [-0.2, -0.15) is 0 Å². The Balaban J connectivity index is 0.000000293. The number of nitrogens with zero attached hydrogens (tertiary/aromatic N) is 1. The summed E-state index contributed by atoms with van der Waals surface area (Å²) in [6, 6.07) is 0. The van der Waals surface area contributed by atoms with Crippen LogP contribution in [0.15, 0.2) is 0 Å². The second-order valence-electron chi connectivity index (χ2n) is 6.43. The molecule has 25 heavy (non-hydrogen) atoms. The summed E-state index contributed by atoms with van der Waals surface area (Å²) in [6.07, 6.45) is 4.18. The minimum Gasteiger partial charge on any atom is -0.481 e. The van der Waals surface area contributed by atoms with Gasteiger partial charge in [0.05, 0.1) is 18.4 Å². The smallest absolute Gasteiger partial charge is 0.409 e. The third kappa shape index (κ3) is 8.20. The van der Waals surface area contributed by atoms with Crippen molar-refractivity contribution in [2.24, 2.45) is 11.8 Å². The molecule has 0 aromatic carbocycles. The Morgan fingerprint density at radius 1 is 1.00 bits per heavy atom. The predicted molar refractivity (Wildman–Crippen MR) is 91.4 cm³/mol. The highest BCUT2D eigenvalue weighted by molar-refractivity contribution is 5.71. The molecule has 8 heteroatoms. The van der Waals surface area contributed by atoms with Crippen molar-refractivity contribution in [3.05, 3.63) is 0 Å². The first-order valence-electron chi connectivity index (χ1n) is 9.03. The maximum Gasteiger partial charge on any atom is 0.409 e. The molecular weight excluding hydrogens is 328 g/mol. The first-order valence-corrected chi connectivity index (χ1v) is 9.03. The van der Waals surface area contributed by atoms with Gasteiger partial charge in [0, 0.05) is 13.1 Å². The van der Waals surface area contributed by atoms with Crippen LogP contribution in [-0.4, -0.2) is 65.9 Å². The Bertz CT molecular complexity index is 429. The summed E-state index contributed by atoms with van der Waals surface area (Å²) in [4.78, 5) is 34.1. The molecule has 2 aliphatic rings. The van der Waals surface area contributed by atoms with Crippen LogP contribution in [0.3, 0.4) is 0 Å². The number of amides is 1. The monoisotopic (exact) mass is 358 g/mol. The van der Waals surface area contributed by atoms with Crippen molar-refractivity contribution in [3.8, 4) is 0 Å². The fraction of sp³-hybridized carbons (Fsp3) is 0.824. The van der Waals surface area contributed by atoms with Gasteiger partial charge in [0.15, 0.2) is 0 Å². The molecule has 0 saturated carbocycles. The van der Waals surface area contributed by atoms with Crippen LogP contribution in [0.4, 0.5) is 4.79 Å². The number of hydrogen-bond acceptors (Lipinski definition) is 5. The molecule has 8 nitrogen and oxygen atoms in total. The van der Waals surface area contributed by atoms with Crippen molar-refractivity contribution < 1.29 is 29.3 Å². The maximum absolute atomic E-state index is 11.5. The second-order valence-corrected chi connectivity index (χ2v) is 6.43. The third-order valence-electron chi connectivity index (χ3n) is 4.51. The van der Waals surface area contributed by atoms with Crippen molar-refractivity contribution >= 4 is 18.0 Å². The van der Waals surface area contributed by atoms with Crippen LogP contribution in [0.1, 0.15) is 45.4 Å². The van der Waals surface area contributed by atoms with Crippen molar-refractivity contribution in [2.45, 2.75) is 45.4 Å². The van der Waals surface area contributed by atoms with E-state index >= 15 is 0 Å². The van der Waals surface area contributed by atoms with Crippen LogP contribution in [0.2, 0.25) is 0 Å². The first-order chi connectivity index (χ1) is 12.0. The molecule has 0 aromatic rings. The molecule has 0 aliphatic carbocycles. The van der Waals surface area contributed by atoms with Crippen molar-refractivity contribution in [1.29, 1.82) is 0 Å². The summed E-state index contributed by atoms with van der Waals surface area (Å²) >= 11 is 0. The molecule has 2 saturated heterocycles. The number of unbranched alkanes of at least 4 members (excludes halogenated alkanes) is 1. The molecular formula is C17H30N2O6. The lowest BCUT2D eigenvalue weighted by atomic mass is 9.97. The van der Waals surface area contributed by atoms with E-state index in [1.165, 1.54) is 0 Å². The van der Waals surface area contributed by atoms with Crippen LogP contribution in [0, 0.1) is 11.8 Å². The van der Waals surface area contributed by atoms with Gasteiger partial charge >= 0.3 is 18.0 Å². The quantitative estimate of drug-likeness (QED) is 0.642. The molecule has 144 valence electrons. The molecule has 0 unspecified atom stereocenters. The van der Waals surface area contributed by atoms with Crippen LogP contribution in [-0.2, 0) is 14.3 Å². The second kappa shape index (κ2) is 11.7. The lowest BCUT2D eigenvalue weighted by molar-refractivity contribution is -0.143. The number of likely N-dealkylation sites (tertiary alicyclic amines) is 1. The number of ether oxygens (including phenoxy) is 1. The maximum atomic E-state index is 11.5. The van der Waals surface area contributed by atoms with Gasteiger partial charge in [-0.25, -0.2) is 4.79 Å².